The van der Waals surface area contributed by atoms with E-state index >= 15 is 0 Å². The molecule has 1 aromatic heterocycles. The molecule has 0 aliphatic heterocycles. The third-order valence-corrected chi connectivity index (χ3v) is 4.16. The first-order valence-electron chi connectivity index (χ1n) is 5.94. The summed E-state index contributed by atoms with van der Waals surface area (Å²) in [5.74, 6) is -0.581. The molecule has 0 unspecified atom stereocenters. The van der Waals surface area contributed by atoms with Gasteiger partial charge in [-0.1, -0.05) is 0 Å². The second-order valence-electron chi connectivity index (χ2n) is 4.29. The zero-order chi connectivity index (χ0) is 15.6. The number of hydrogen-bond donors (Lipinski definition) is 2. The van der Waals surface area contributed by atoms with Gasteiger partial charge in [-0.2, -0.15) is 0 Å². The summed E-state index contributed by atoms with van der Waals surface area (Å²) in [6.45, 7) is 1.70. The van der Waals surface area contributed by atoms with E-state index in [9.17, 15) is 9.59 Å². The zero-order valence-corrected chi connectivity index (χ0v) is 14.7. The molecule has 0 fully saturated rings. The van der Waals surface area contributed by atoms with Gasteiger partial charge in [-0.15, -0.1) is 0 Å². The first kappa shape index (κ1) is 16.0. The monoisotopic (exact) mass is 463 g/mol. The second kappa shape index (κ2) is 6.61. The average molecular weight is 464 g/mol. The third-order valence-electron chi connectivity index (χ3n) is 2.80. The Morgan fingerprint density at radius 2 is 2.05 bits per heavy atom. The topological polar surface area (TPSA) is 79.5 Å². The molecule has 0 atom stereocenters. The molecule has 1 aromatic carbocycles. The van der Waals surface area contributed by atoms with Gasteiger partial charge in [0, 0.05) is 8.04 Å². The summed E-state index contributed by atoms with van der Waals surface area (Å²) in [5, 5.41) is 11.7. The Balaban J connectivity index is 2.09. The Bertz CT molecular complexity index is 711. The molecular weight excluding hydrogens is 453 g/mol. The van der Waals surface area contributed by atoms with Gasteiger partial charge in [0.25, 0.3) is 5.91 Å². The van der Waals surface area contributed by atoms with Crippen LogP contribution in [0.3, 0.4) is 0 Å². The molecule has 0 saturated carbocycles. The van der Waals surface area contributed by atoms with Crippen molar-refractivity contribution in [1.29, 1.82) is 0 Å². The number of benzene rings is 1. The summed E-state index contributed by atoms with van der Waals surface area (Å²) in [6, 6.07) is 6.87. The van der Waals surface area contributed by atoms with Gasteiger partial charge >= 0.3 is 5.97 Å². The number of hydrogen-bond acceptors (Lipinski definition) is 3. The lowest BCUT2D eigenvalue weighted by molar-refractivity contribution is 0.0694. The third kappa shape index (κ3) is 3.85. The van der Waals surface area contributed by atoms with Crippen LogP contribution in [0.25, 0.3) is 0 Å². The molecule has 1 heterocycles. The number of aryl methyl sites for hydroxylation is 1. The molecule has 7 heteroatoms. The molecule has 0 radical (unpaired) electrons. The summed E-state index contributed by atoms with van der Waals surface area (Å²) < 4.78 is 6.95. The molecule has 5 nitrogen and oxygen atoms in total. The fourth-order valence-corrected chi connectivity index (χ4v) is 2.70. The fraction of sp³-hybridized carbons (Fsp3) is 0.143. The van der Waals surface area contributed by atoms with Gasteiger partial charge in [0.15, 0.2) is 0 Å². The standard InChI is InChI=1S/C14H11BrINO4/c1-7-10(14(19)20)5-9(21-7)6-17-13(18)11-4-8(16)2-3-12(11)15/h2-5H,6H2,1H3,(H,17,18)(H,19,20). The smallest absolute Gasteiger partial charge is 0.339 e. The number of aromatic carboxylic acids is 1. The molecule has 2 aromatic rings. The van der Waals surface area contributed by atoms with Gasteiger partial charge in [0.2, 0.25) is 0 Å². The quantitative estimate of drug-likeness (QED) is 0.679. The van der Waals surface area contributed by atoms with Gasteiger partial charge in [0.05, 0.1) is 12.1 Å². The average Bonchev–Trinajstić information content (AvgIpc) is 2.80. The van der Waals surface area contributed by atoms with Crippen molar-refractivity contribution in [2.24, 2.45) is 0 Å². The normalized spacial score (nSPS) is 10.4. The lowest BCUT2D eigenvalue weighted by atomic mass is 10.2. The lowest BCUT2D eigenvalue weighted by Crippen LogP contribution is -2.23. The number of carbonyl (C=O) groups is 2. The van der Waals surface area contributed by atoms with Gasteiger partial charge in [-0.3, -0.25) is 4.79 Å². The van der Waals surface area contributed by atoms with Crippen LogP contribution in [0.2, 0.25) is 0 Å². The maximum atomic E-state index is 12.1. The predicted octanol–water partition coefficient (Wildman–Crippen LogP) is 3.58. The SMILES string of the molecule is Cc1oc(CNC(=O)c2cc(I)ccc2Br)cc1C(=O)O. The molecule has 0 aliphatic carbocycles. The van der Waals surface area contributed by atoms with Crippen molar-refractivity contribution in [3.05, 3.63) is 55.0 Å². The van der Waals surface area contributed by atoms with Crippen molar-refractivity contribution in [1.82, 2.24) is 5.32 Å². The van der Waals surface area contributed by atoms with Crippen LogP contribution in [0.1, 0.15) is 32.2 Å². The van der Waals surface area contributed by atoms with E-state index in [1.165, 1.54) is 6.07 Å². The van der Waals surface area contributed by atoms with Crippen LogP contribution in [-0.2, 0) is 6.54 Å². The number of furan rings is 1. The Morgan fingerprint density at radius 1 is 1.33 bits per heavy atom. The van der Waals surface area contributed by atoms with Crippen molar-refractivity contribution in [2.75, 3.05) is 0 Å². The Labute approximate surface area is 143 Å². The first-order chi connectivity index (χ1) is 9.88. The molecule has 2 rings (SSSR count). The van der Waals surface area contributed by atoms with E-state index in [1.807, 2.05) is 6.07 Å². The highest BCUT2D eigenvalue weighted by molar-refractivity contribution is 14.1. The lowest BCUT2D eigenvalue weighted by Gasteiger charge is -2.06. The van der Waals surface area contributed by atoms with E-state index in [0.29, 0.717) is 21.6 Å². The maximum Gasteiger partial charge on any atom is 0.339 e. The summed E-state index contributed by atoms with van der Waals surface area (Å²) in [6.07, 6.45) is 0. The zero-order valence-electron chi connectivity index (χ0n) is 10.9. The summed E-state index contributed by atoms with van der Waals surface area (Å²) in [4.78, 5) is 23.0. The molecule has 2 N–H and O–H groups in total. The molecule has 0 spiro atoms. The van der Waals surface area contributed by atoms with Gasteiger partial charge in [-0.05, 0) is 69.7 Å². The Morgan fingerprint density at radius 3 is 2.67 bits per heavy atom. The predicted molar refractivity (Wildman–Crippen MR) is 88.4 cm³/mol. The van der Waals surface area contributed by atoms with Gasteiger partial charge < -0.3 is 14.8 Å². The number of rotatable bonds is 4. The molecule has 0 bridgehead atoms. The maximum absolute atomic E-state index is 12.1. The van der Waals surface area contributed by atoms with E-state index in [-0.39, 0.29) is 18.0 Å². The van der Waals surface area contributed by atoms with Gasteiger partial charge in [0.1, 0.15) is 17.1 Å². The van der Waals surface area contributed by atoms with Crippen LogP contribution < -0.4 is 5.32 Å². The van der Waals surface area contributed by atoms with Gasteiger partial charge in [-0.25, -0.2) is 4.79 Å². The van der Waals surface area contributed by atoms with Crippen LogP contribution in [0.4, 0.5) is 0 Å². The largest absolute Gasteiger partial charge is 0.478 e. The van der Waals surface area contributed by atoms with E-state index in [0.717, 1.165) is 3.57 Å². The number of carbonyl (C=O) groups excluding carboxylic acids is 1. The highest BCUT2D eigenvalue weighted by Crippen LogP contribution is 2.20. The van der Waals surface area contributed by atoms with E-state index in [1.54, 1.807) is 19.1 Å². The minimum Gasteiger partial charge on any atom is -0.478 e. The van der Waals surface area contributed by atoms with Crippen LogP contribution in [0.15, 0.2) is 33.2 Å². The minimum absolute atomic E-state index is 0.106. The molecule has 110 valence electrons. The van der Waals surface area contributed by atoms with Crippen molar-refractivity contribution < 1.29 is 19.1 Å². The van der Waals surface area contributed by atoms with Crippen LogP contribution in [-0.4, -0.2) is 17.0 Å². The molecule has 21 heavy (non-hydrogen) atoms. The van der Waals surface area contributed by atoms with E-state index in [4.69, 9.17) is 9.52 Å². The minimum atomic E-state index is -1.05. The van der Waals surface area contributed by atoms with Crippen LogP contribution in [0, 0.1) is 10.5 Å². The second-order valence-corrected chi connectivity index (χ2v) is 6.39. The Hall–Kier alpha value is -1.35. The number of nitrogens with one attached hydrogen (secondary N) is 1. The summed E-state index contributed by atoms with van der Waals surface area (Å²) >= 11 is 5.45. The highest BCUT2D eigenvalue weighted by atomic mass is 127. The van der Waals surface area contributed by atoms with Crippen molar-refractivity contribution in [3.8, 4) is 0 Å². The molecule has 0 saturated heterocycles. The molecule has 0 aliphatic rings. The number of halogens is 2. The first-order valence-corrected chi connectivity index (χ1v) is 7.81. The fourth-order valence-electron chi connectivity index (χ4n) is 1.78. The van der Waals surface area contributed by atoms with Crippen molar-refractivity contribution in [3.63, 3.8) is 0 Å². The summed E-state index contributed by atoms with van der Waals surface area (Å²) in [5.41, 5.74) is 0.623. The van der Waals surface area contributed by atoms with Crippen LogP contribution >= 0.6 is 38.5 Å². The molecular formula is C14H11BrINO4. The number of amides is 1. The van der Waals surface area contributed by atoms with Crippen molar-refractivity contribution >= 4 is 50.4 Å². The summed E-state index contributed by atoms with van der Waals surface area (Å²) in [7, 11) is 0. The number of carboxylic acids is 1. The highest BCUT2D eigenvalue weighted by Gasteiger charge is 2.15. The van der Waals surface area contributed by atoms with E-state index < -0.39 is 5.97 Å². The van der Waals surface area contributed by atoms with Crippen LogP contribution in [0.5, 0.6) is 0 Å². The van der Waals surface area contributed by atoms with E-state index in [2.05, 4.69) is 43.8 Å². The van der Waals surface area contributed by atoms with Crippen molar-refractivity contribution in [2.45, 2.75) is 13.5 Å². The molecule has 1 amide bonds. The number of carboxylic acid groups (broad SMARTS) is 1. The Kier molecular flexibility index (Phi) is 5.04.